The average Bonchev–Trinajstić information content (AvgIpc) is 2.67. The van der Waals surface area contributed by atoms with E-state index in [1.807, 2.05) is 30.3 Å². The van der Waals surface area contributed by atoms with E-state index in [9.17, 15) is 8.42 Å². The van der Waals surface area contributed by atoms with Crippen molar-refractivity contribution in [2.75, 3.05) is 0 Å². The van der Waals surface area contributed by atoms with Gasteiger partial charge in [0.2, 0.25) is 10.0 Å². The number of pyridine rings is 2. The quantitative estimate of drug-likeness (QED) is 0.598. The molecule has 4 rings (SSSR count). The Labute approximate surface area is 149 Å². The van der Waals surface area contributed by atoms with Crippen LogP contribution in [0.3, 0.4) is 0 Å². The lowest BCUT2D eigenvalue weighted by atomic mass is 10.1. The minimum atomic E-state index is -3.81. The van der Waals surface area contributed by atoms with Gasteiger partial charge in [-0.3, -0.25) is 15.0 Å². The fourth-order valence-corrected chi connectivity index (χ4v) is 3.08. The Morgan fingerprint density at radius 2 is 1.58 bits per heavy atom. The Morgan fingerprint density at radius 3 is 2.35 bits per heavy atom. The standard InChI is InChI=1S/C18H13N5O2S/c19-26(24,25)15-7-14(9-21-10-15)13-1-2-16-17(8-13)23-18(11-22-16)12-3-5-20-6-4-12/h1-11H,(H2,19,24,25). The van der Waals surface area contributed by atoms with Crippen molar-refractivity contribution in [2.45, 2.75) is 4.90 Å². The molecule has 8 heteroatoms. The Morgan fingerprint density at radius 1 is 0.769 bits per heavy atom. The molecule has 0 saturated heterocycles. The van der Waals surface area contributed by atoms with Crippen LogP contribution in [0.15, 0.2) is 72.3 Å². The van der Waals surface area contributed by atoms with Gasteiger partial charge in [-0.15, -0.1) is 0 Å². The van der Waals surface area contributed by atoms with Crippen molar-refractivity contribution in [2.24, 2.45) is 5.14 Å². The molecule has 0 fully saturated rings. The fraction of sp³-hybridized carbons (Fsp3) is 0. The number of hydrogen-bond acceptors (Lipinski definition) is 6. The highest BCUT2D eigenvalue weighted by atomic mass is 32.2. The summed E-state index contributed by atoms with van der Waals surface area (Å²) in [6.07, 6.45) is 7.90. The van der Waals surface area contributed by atoms with Crippen LogP contribution in [-0.2, 0) is 10.0 Å². The molecular weight excluding hydrogens is 350 g/mol. The molecule has 2 N–H and O–H groups in total. The number of fused-ring (bicyclic) bond motifs is 1. The molecule has 3 aromatic heterocycles. The van der Waals surface area contributed by atoms with E-state index in [-0.39, 0.29) is 4.90 Å². The first-order chi connectivity index (χ1) is 12.5. The van der Waals surface area contributed by atoms with Gasteiger partial charge < -0.3 is 0 Å². The summed E-state index contributed by atoms with van der Waals surface area (Å²) >= 11 is 0. The Hall–Kier alpha value is -3.23. The first-order valence-electron chi connectivity index (χ1n) is 7.66. The van der Waals surface area contributed by atoms with Crippen LogP contribution in [0.2, 0.25) is 0 Å². The van der Waals surface area contributed by atoms with Gasteiger partial charge in [-0.25, -0.2) is 18.5 Å². The van der Waals surface area contributed by atoms with Gasteiger partial charge in [-0.05, 0) is 35.9 Å². The minimum absolute atomic E-state index is 0.0354. The first kappa shape index (κ1) is 16.2. The lowest BCUT2D eigenvalue weighted by Crippen LogP contribution is -2.12. The van der Waals surface area contributed by atoms with Crippen LogP contribution >= 0.6 is 0 Å². The van der Waals surface area contributed by atoms with Gasteiger partial charge in [0.25, 0.3) is 0 Å². The van der Waals surface area contributed by atoms with E-state index in [1.165, 1.54) is 12.3 Å². The summed E-state index contributed by atoms with van der Waals surface area (Å²) in [5, 5.41) is 5.18. The second-order valence-electron chi connectivity index (χ2n) is 5.65. The third-order valence-corrected chi connectivity index (χ3v) is 4.77. The second kappa shape index (κ2) is 6.25. The highest BCUT2D eigenvalue weighted by Gasteiger charge is 2.11. The molecule has 0 aliphatic heterocycles. The molecule has 0 spiro atoms. The molecule has 0 aliphatic carbocycles. The summed E-state index contributed by atoms with van der Waals surface area (Å²) in [5.41, 5.74) is 4.48. The van der Waals surface area contributed by atoms with Crippen molar-refractivity contribution >= 4 is 21.1 Å². The maximum absolute atomic E-state index is 11.5. The predicted molar refractivity (Wildman–Crippen MR) is 97.4 cm³/mol. The number of primary sulfonamides is 1. The van der Waals surface area contributed by atoms with Crippen LogP contribution in [0.25, 0.3) is 33.4 Å². The molecule has 0 unspecified atom stereocenters. The molecule has 26 heavy (non-hydrogen) atoms. The number of rotatable bonds is 3. The van der Waals surface area contributed by atoms with Gasteiger partial charge in [0, 0.05) is 35.9 Å². The lowest BCUT2D eigenvalue weighted by Gasteiger charge is -2.06. The van der Waals surface area contributed by atoms with E-state index in [2.05, 4.69) is 19.9 Å². The van der Waals surface area contributed by atoms with Gasteiger partial charge in [-0.1, -0.05) is 6.07 Å². The van der Waals surface area contributed by atoms with Gasteiger partial charge in [0.05, 0.1) is 22.9 Å². The summed E-state index contributed by atoms with van der Waals surface area (Å²) < 4.78 is 23.1. The van der Waals surface area contributed by atoms with E-state index in [0.29, 0.717) is 11.1 Å². The van der Waals surface area contributed by atoms with E-state index in [4.69, 9.17) is 5.14 Å². The molecule has 0 bridgehead atoms. The van der Waals surface area contributed by atoms with Crippen LogP contribution in [0.1, 0.15) is 0 Å². The zero-order chi connectivity index (χ0) is 18.1. The average molecular weight is 363 g/mol. The number of benzene rings is 1. The number of nitrogens with zero attached hydrogens (tertiary/aromatic N) is 4. The summed E-state index contributed by atoms with van der Waals surface area (Å²) in [5.74, 6) is 0. The minimum Gasteiger partial charge on any atom is -0.265 e. The molecule has 0 amide bonds. The van der Waals surface area contributed by atoms with Gasteiger partial charge >= 0.3 is 0 Å². The lowest BCUT2D eigenvalue weighted by molar-refractivity contribution is 0.597. The SMILES string of the molecule is NS(=O)(=O)c1cncc(-c2ccc3ncc(-c4ccncc4)nc3c2)c1. The van der Waals surface area contributed by atoms with Crippen LogP contribution in [0.4, 0.5) is 0 Å². The molecule has 0 radical (unpaired) electrons. The van der Waals surface area contributed by atoms with E-state index in [1.54, 1.807) is 24.8 Å². The zero-order valence-electron chi connectivity index (χ0n) is 13.4. The van der Waals surface area contributed by atoms with Gasteiger partial charge in [0.1, 0.15) is 4.90 Å². The summed E-state index contributed by atoms with van der Waals surface area (Å²) in [6, 6.07) is 10.7. The fourth-order valence-electron chi connectivity index (χ4n) is 2.59. The molecule has 0 aliphatic rings. The molecular formula is C18H13N5O2S. The van der Waals surface area contributed by atoms with Crippen molar-refractivity contribution in [1.29, 1.82) is 0 Å². The van der Waals surface area contributed by atoms with Crippen LogP contribution in [0, 0.1) is 0 Å². The molecule has 0 atom stereocenters. The number of sulfonamides is 1. The third kappa shape index (κ3) is 3.15. The first-order valence-corrected chi connectivity index (χ1v) is 9.21. The van der Waals surface area contributed by atoms with Crippen LogP contribution < -0.4 is 5.14 Å². The number of aromatic nitrogens is 4. The topological polar surface area (TPSA) is 112 Å². The largest absolute Gasteiger partial charge is 0.265 e. The van der Waals surface area contributed by atoms with E-state index >= 15 is 0 Å². The third-order valence-electron chi connectivity index (χ3n) is 3.89. The van der Waals surface area contributed by atoms with E-state index < -0.39 is 10.0 Å². The zero-order valence-corrected chi connectivity index (χ0v) is 14.3. The molecule has 4 aromatic rings. The normalized spacial score (nSPS) is 11.6. The van der Waals surface area contributed by atoms with Crippen molar-refractivity contribution in [3.63, 3.8) is 0 Å². The number of hydrogen-bond donors (Lipinski definition) is 1. The maximum atomic E-state index is 11.5. The van der Waals surface area contributed by atoms with Crippen molar-refractivity contribution < 1.29 is 8.42 Å². The summed E-state index contributed by atoms with van der Waals surface area (Å²) in [7, 11) is -3.81. The summed E-state index contributed by atoms with van der Waals surface area (Å²) in [4.78, 5) is 17.0. The molecule has 128 valence electrons. The van der Waals surface area contributed by atoms with Crippen molar-refractivity contribution in [1.82, 2.24) is 19.9 Å². The predicted octanol–water partition coefficient (Wildman–Crippen LogP) is 2.40. The van der Waals surface area contributed by atoms with Crippen molar-refractivity contribution in [3.8, 4) is 22.4 Å². The Balaban J connectivity index is 1.82. The Kier molecular flexibility index (Phi) is 3.90. The van der Waals surface area contributed by atoms with Crippen LogP contribution in [-0.4, -0.2) is 28.4 Å². The number of nitrogens with two attached hydrogens (primary N) is 1. The van der Waals surface area contributed by atoms with Gasteiger partial charge in [-0.2, -0.15) is 0 Å². The second-order valence-corrected chi connectivity index (χ2v) is 7.21. The van der Waals surface area contributed by atoms with Crippen LogP contribution in [0.5, 0.6) is 0 Å². The Bertz CT molecular complexity index is 1210. The monoisotopic (exact) mass is 363 g/mol. The van der Waals surface area contributed by atoms with Crippen molar-refractivity contribution in [3.05, 3.63) is 67.4 Å². The maximum Gasteiger partial charge on any atom is 0.239 e. The molecule has 3 heterocycles. The van der Waals surface area contributed by atoms with Gasteiger partial charge in [0.15, 0.2) is 0 Å². The smallest absolute Gasteiger partial charge is 0.239 e. The summed E-state index contributed by atoms with van der Waals surface area (Å²) in [6.45, 7) is 0. The molecule has 1 aromatic carbocycles. The van der Waals surface area contributed by atoms with E-state index in [0.717, 1.165) is 22.3 Å². The highest BCUT2D eigenvalue weighted by Crippen LogP contribution is 2.25. The molecule has 0 saturated carbocycles. The molecule has 7 nitrogen and oxygen atoms in total. The highest BCUT2D eigenvalue weighted by molar-refractivity contribution is 7.89.